The molecule has 1 unspecified atom stereocenters. The SMILES string of the molecule is NC(CC(=O)NCc1cncs1)C1CC1. The summed E-state index contributed by atoms with van der Waals surface area (Å²) in [5.74, 6) is 0.627. The topological polar surface area (TPSA) is 68.0 Å². The van der Waals surface area contributed by atoms with Crippen molar-refractivity contribution >= 4 is 17.2 Å². The van der Waals surface area contributed by atoms with Gasteiger partial charge in [-0.15, -0.1) is 11.3 Å². The Balaban J connectivity index is 1.68. The highest BCUT2D eigenvalue weighted by Crippen LogP contribution is 2.32. The lowest BCUT2D eigenvalue weighted by Gasteiger charge is -2.09. The molecule has 4 nitrogen and oxygen atoms in total. The first-order chi connectivity index (χ1) is 7.25. The summed E-state index contributed by atoms with van der Waals surface area (Å²) < 4.78 is 0. The van der Waals surface area contributed by atoms with Gasteiger partial charge in [-0.1, -0.05) is 0 Å². The summed E-state index contributed by atoms with van der Waals surface area (Å²) in [6, 6.07) is 0.0476. The molecule has 1 heterocycles. The maximum Gasteiger partial charge on any atom is 0.221 e. The van der Waals surface area contributed by atoms with E-state index in [4.69, 9.17) is 5.73 Å². The Morgan fingerprint density at radius 1 is 1.73 bits per heavy atom. The fourth-order valence-electron chi connectivity index (χ4n) is 1.49. The lowest BCUT2D eigenvalue weighted by atomic mass is 10.1. The van der Waals surface area contributed by atoms with Gasteiger partial charge in [0.2, 0.25) is 5.91 Å². The van der Waals surface area contributed by atoms with Crippen molar-refractivity contribution in [2.75, 3.05) is 0 Å². The highest BCUT2D eigenvalue weighted by atomic mass is 32.1. The Morgan fingerprint density at radius 2 is 2.53 bits per heavy atom. The normalized spacial score (nSPS) is 17.4. The van der Waals surface area contributed by atoms with E-state index in [0.29, 0.717) is 18.9 Å². The van der Waals surface area contributed by atoms with Gasteiger partial charge in [-0.25, -0.2) is 0 Å². The second-order valence-corrected chi connectivity index (χ2v) is 4.92. The highest BCUT2D eigenvalue weighted by molar-refractivity contribution is 7.09. The lowest BCUT2D eigenvalue weighted by molar-refractivity contribution is -0.121. The zero-order valence-corrected chi connectivity index (χ0v) is 9.30. The summed E-state index contributed by atoms with van der Waals surface area (Å²) in [4.78, 5) is 16.5. The molecule has 1 fully saturated rings. The largest absolute Gasteiger partial charge is 0.351 e. The van der Waals surface area contributed by atoms with E-state index in [1.165, 1.54) is 12.8 Å². The molecule has 1 aliphatic carbocycles. The maximum atomic E-state index is 11.5. The zero-order valence-electron chi connectivity index (χ0n) is 8.48. The van der Waals surface area contributed by atoms with Crippen LogP contribution in [0.25, 0.3) is 0 Å². The molecule has 0 radical (unpaired) electrons. The predicted molar refractivity (Wildman–Crippen MR) is 59.3 cm³/mol. The first kappa shape index (κ1) is 10.6. The number of hydrogen-bond acceptors (Lipinski definition) is 4. The van der Waals surface area contributed by atoms with Gasteiger partial charge in [0.05, 0.1) is 12.1 Å². The highest BCUT2D eigenvalue weighted by Gasteiger charge is 2.29. The van der Waals surface area contributed by atoms with Gasteiger partial charge in [0.25, 0.3) is 0 Å². The van der Waals surface area contributed by atoms with Crippen molar-refractivity contribution < 1.29 is 4.79 Å². The van der Waals surface area contributed by atoms with Crippen LogP contribution in [0, 0.1) is 5.92 Å². The third-order valence-electron chi connectivity index (χ3n) is 2.59. The summed E-state index contributed by atoms with van der Waals surface area (Å²) in [5.41, 5.74) is 7.62. The molecule has 15 heavy (non-hydrogen) atoms. The van der Waals surface area contributed by atoms with Gasteiger partial charge < -0.3 is 11.1 Å². The third kappa shape index (κ3) is 3.28. The number of nitrogens with one attached hydrogen (secondary N) is 1. The van der Waals surface area contributed by atoms with E-state index in [1.807, 2.05) is 0 Å². The van der Waals surface area contributed by atoms with Crippen LogP contribution in [0.3, 0.4) is 0 Å². The molecule has 1 aromatic heterocycles. The van der Waals surface area contributed by atoms with E-state index >= 15 is 0 Å². The molecule has 82 valence electrons. The molecule has 0 spiro atoms. The molecule has 3 N–H and O–H groups in total. The van der Waals surface area contributed by atoms with Crippen molar-refractivity contribution in [3.63, 3.8) is 0 Å². The number of amides is 1. The van der Waals surface area contributed by atoms with Gasteiger partial charge in [0, 0.05) is 23.5 Å². The van der Waals surface area contributed by atoms with Gasteiger partial charge in [-0.3, -0.25) is 9.78 Å². The van der Waals surface area contributed by atoms with Crippen molar-refractivity contribution in [1.82, 2.24) is 10.3 Å². The van der Waals surface area contributed by atoms with E-state index in [2.05, 4.69) is 10.3 Å². The van der Waals surface area contributed by atoms with Crippen LogP contribution in [-0.4, -0.2) is 16.9 Å². The molecular formula is C10H15N3OS. The lowest BCUT2D eigenvalue weighted by Crippen LogP contribution is -2.32. The molecule has 1 aromatic rings. The minimum absolute atomic E-state index is 0.0443. The Kier molecular flexibility index (Phi) is 3.33. The molecular weight excluding hydrogens is 210 g/mol. The summed E-state index contributed by atoms with van der Waals surface area (Å²) in [5, 5.41) is 2.85. The van der Waals surface area contributed by atoms with Crippen LogP contribution in [0.5, 0.6) is 0 Å². The van der Waals surface area contributed by atoms with Crippen LogP contribution in [0.15, 0.2) is 11.7 Å². The average molecular weight is 225 g/mol. The fourth-order valence-corrected chi connectivity index (χ4v) is 2.03. The molecule has 5 heteroatoms. The van der Waals surface area contributed by atoms with Crippen LogP contribution in [0.4, 0.5) is 0 Å². The summed E-state index contributed by atoms with van der Waals surface area (Å²) in [7, 11) is 0. The first-order valence-corrected chi connectivity index (χ1v) is 6.03. The summed E-state index contributed by atoms with van der Waals surface area (Å²) in [6.07, 6.45) is 4.59. The third-order valence-corrected chi connectivity index (χ3v) is 3.37. The van der Waals surface area contributed by atoms with Crippen LogP contribution in [0.2, 0.25) is 0 Å². The number of aromatic nitrogens is 1. The van der Waals surface area contributed by atoms with Gasteiger partial charge in [-0.05, 0) is 18.8 Å². The number of carbonyl (C=O) groups excluding carboxylic acids is 1. The first-order valence-electron chi connectivity index (χ1n) is 5.15. The van der Waals surface area contributed by atoms with E-state index in [-0.39, 0.29) is 11.9 Å². The van der Waals surface area contributed by atoms with Crippen LogP contribution in [0.1, 0.15) is 24.1 Å². The summed E-state index contributed by atoms with van der Waals surface area (Å²) in [6.45, 7) is 0.570. The minimum Gasteiger partial charge on any atom is -0.351 e. The number of hydrogen-bond donors (Lipinski definition) is 2. The second-order valence-electron chi connectivity index (χ2n) is 3.95. The Morgan fingerprint density at radius 3 is 3.13 bits per heavy atom. The number of nitrogens with two attached hydrogens (primary N) is 1. The van der Waals surface area contributed by atoms with Gasteiger partial charge in [0.1, 0.15) is 0 Å². The minimum atomic E-state index is 0.0443. The monoisotopic (exact) mass is 225 g/mol. The van der Waals surface area contributed by atoms with Crippen molar-refractivity contribution in [3.05, 3.63) is 16.6 Å². The fraction of sp³-hybridized carbons (Fsp3) is 0.600. The molecule has 0 bridgehead atoms. The molecule has 1 aliphatic rings. The molecule has 0 aromatic carbocycles. The number of rotatable bonds is 5. The molecule has 2 rings (SSSR count). The van der Waals surface area contributed by atoms with Crippen LogP contribution < -0.4 is 11.1 Å². The maximum absolute atomic E-state index is 11.5. The average Bonchev–Trinajstić information content (AvgIpc) is 2.93. The standard InChI is InChI=1S/C10H15N3OS/c11-9(7-1-2-7)3-10(14)13-5-8-4-12-6-15-8/h4,6-7,9H,1-3,5,11H2,(H,13,14). The Bertz CT molecular complexity index is 321. The number of nitrogens with zero attached hydrogens (tertiary/aromatic N) is 1. The number of carbonyl (C=O) groups is 1. The van der Waals surface area contributed by atoms with E-state index in [1.54, 1.807) is 23.0 Å². The Hall–Kier alpha value is -0.940. The predicted octanol–water partition coefficient (Wildman–Crippen LogP) is 0.887. The molecule has 1 saturated carbocycles. The summed E-state index contributed by atoms with van der Waals surface area (Å²) >= 11 is 1.55. The van der Waals surface area contributed by atoms with Gasteiger partial charge in [-0.2, -0.15) is 0 Å². The van der Waals surface area contributed by atoms with Crippen molar-refractivity contribution in [3.8, 4) is 0 Å². The van der Waals surface area contributed by atoms with Crippen LogP contribution in [-0.2, 0) is 11.3 Å². The van der Waals surface area contributed by atoms with Crippen molar-refractivity contribution in [2.24, 2.45) is 11.7 Å². The molecule has 0 saturated heterocycles. The quantitative estimate of drug-likeness (QED) is 0.782. The molecule has 1 atom stereocenters. The second kappa shape index (κ2) is 4.72. The van der Waals surface area contributed by atoms with Crippen molar-refractivity contribution in [2.45, 2.75) is 31.8 Å². The number of thiazole rings is 1. The van der Waals surface area contributed by atoms with Gasteiger partial charge >= 0.3 is 0 Å². The smallest absolute Gasteiger partial charge is 0.221 e. The zero-order chi connectivity index (χ0) is 10.7. The molecule has 1 amide bonds. The Labute approximate surface area is 92.9 Å². The van der Waals surface area contributed by atoms with Gasteiger partial charge in [0.15, 0.2) is 0 Å². The van der Waals surface area contributed by atoms with E-state index in [0.717, 1.165) is 4.88 Å². The van der Waals surface area contributed by atoms with E-state index < -0.39 is 0 Å². The van der Waals surface area contributed by atoms with E-state index in [9.17, 15) is 4.79 Å². The molecule has 0 aliphatic heterocycles. The van der Waals surface area contributed by atoms with Crippen molar-refractivity contribution in [1.29, 1.82) is 0 Å². The van der Waals surface area contributed by atoms with Crippen LogP contribution >= 0.6 is 11.3 Å².